The number of nitrogens with one attached hydrogen (secondary N) is 2. The first-order valence-electron chi connectivity index (χ1n) is 9.31. The number of aliphatic hydroxyl groups excluding tert-OH is 1. The zero-order chi connectivity index (χ0) is 22.1. The van der Waals surface area contributed by atoms with Gasteiger partial charge in [-0.25, -0.2) is 4.79 Å². The van der Waals surface area contributed by atoms with Crippen LogP contribution in [0.1, 0.15) is 29.8 Å². The monoisotopic (exact) mass is 474 g/mol. The average molecular weight is 475 g/mol. The molecule has 2 aromatic rings. The summed E-state index contributed by atoms with van der Waals surface area (Å²) >= 11 is 3.34. The third-order valence-electron chi connectivity index (χ3n) is 4.02. The van der Waals surface area contributed by atoms with Crippen molar-refractivity contribution in [1.29, 1.82) is 0 Å². The molecule has 0 aromatic heterocycles. The topological polar surface area (TPSA) is 105 Å². The molecule has 2 atom stereocenters. The molecule has 8 heteroatoms. The van der Waals surface area contributed by atoms with Crippen LogP contribution in [-0.4, -0.2) is 41.6 Å². The third-order valence-corrected chi connectivity index (χ3v) is 4.55. The van der Waals surface area contributed by atoms with Gasteiger partial charge in [0, 0.05) is 10.0 Å². The minimum absolute atomic E-state index is 0.0823. The maximum absolute atomic E-state index is 12.9. The fourth-order valence-electron chi connectivity index (χ4n) is 2.50. The number of hydrogen-bond donors (Lipinski definition) is 3. The van der Waals surface area contributed by atoms with E-state index < -0.39 is 29.9 Å². The number of rotatable bonds is 8. The standard InChI is InChI=1S/C22H23BrN2O5/c1-3-30-22(29)19(14(2)26)25-21(28)18(13-15-9-11-17(23)12-10-15)24-20(27)16-7-5-4-6-8-16/h4-14,19,26H,3H2,1-2H3,(H,24,27)(H,25,28)/b18-13+/t14-,19+/m1/s1. The molecule has 2 amide bonds. The van der Waals surface area contributed by atoms with E-state index in [1.807, 2.05) is 0 Å². The van der Waals surface area contributed by atoms with Crippen molar-refractivity contribution in [3.63, 3.8) is 0 Å². The largest absolute Gasteiger partial charge is 0.464 e. The molecule has 0 bridgehead atoms. The number of halogens is 1. The molecule has 0 heterocycles. The lowest BCUT2D eigenvalue weighted by atomic mass is 10.1. The summed E-state index contributed by atoms with van der Waals surface area (Å²) < 4.78 is 5.76. The van der Waals surface area contributed by atoms with Crippen LogP contribution >= 0.6 is 15.9 Å². The number of ether oxygens (including phenoxy) is 1. The number of amides is 2. The predicted octanol–water partition coefficient (Wildman–Crippen LogP) is 2.65. The fraction of sp³-hybridized carbons (Fsp3) is 0.227. The van der Waals surface area contributed by atoms with Crippen LogP contribution in [0.4, 0.5) is 0 Å². The Morgan fingerprint density at radius 2 is 1.73 bits per heavy atom. The van der Waals surface area contributed by atoms with E-state index in [0.29, 0.717) is 11.1 Å². The number of esters is 1. The van der Waals surface area contributed by atoms with Crippen LogP contribution in [0.3, 0.4) is 0 Å². The van der Waals surface area contributed by atoms with Gasteiger partial charge in [0.2, 0.25) is 0 Å². The molecule has 0 spiro atoms. The van der Waals surface area contributed by atoms with Gasteiger partial charge in [-0.2, -0.15) is 0 Å². The van der Waals surface area contributed by atoms with Gasteiger partial charge in [0.25, 0.3) is 11.8 Å². The van der Waals surface area contributed by atoms with Crippen LogP contribution in [0.15, 0.2) is 64.8 Å². The van der Waals surface area contributed by atoms with E-state index >= 15 is 0 Å². The zero-order valence-corrected chi connectivity index (χ0v) is 18.2. The summed E-state index contributed by atoms with van der Waals surface area (Å²) in [5.74, 6) is -1.99. The molecule has 7 nitrogen and oxygen atoms in total. The summed E-state index contributed by atoms with van der Waals surface area (Å²) in [6.07, 6.45) is 0.291. The number of hydrogen-bond acceptors (Lipinski definition) is 5. The Bertz CT molecular complexity index is 911. The minimum Gasteiger partial charge on any atom is -0.464 e. The summed E-state index contributed by atoms with van der Waals surface area (Å²) in [5.41, 5.74) is 0.937. The lowest BCUT2D eigenvalue weighted by molar-refractivity contribution is -0.150. The number of aliphatic hydroxyl groups is 1. The molecular weight excluding hydrogens is 452 g/mol. The second-order valence-corrected chi connectivity index (χ2v) is 7.29. The van der Waals surface area contributed by atoms with Crippen LogP contribution in [-0.2, 0) is 14.3 Å². The van der Waals surface area contributed by atoms with Crippen molar-refractivity contribution in [2.45, 2.75) is 26.0 Å². The predicted molar refractivity (Wildman–Crippen MR) is 116 cm³/mol. The Balaban J connectivity index is 2.31. The first-order valence-corrected chi connectivity index (χ1v) is 10.1. The van der Waals surface area contributed by atoms with E-state index in [4.69, 9.17) is 4.74 Å². The Morgan fingerprint density at radius 3 is 2.30 bits per heavy atom. The quantitative estimate of drug-likeness (QED) is 0.402. The van der Waals surface area contributed by atoms with Crippen molar-refractivity contribution in [1.82, 2.24) is 10.6 Å². The molecule has 30 heavy (non-hydrogen) atoms. The van der Waals surface area contributed by atoms with Crippen molar-refractivity contribution in [2.75, 3.05) is 6.61 Å². The van der Waals surface area contributed by atoms with E-state index in [1.54, 1.807) is 61.5 Å². The van der Waals surface area contributed by atoms with E-state index in [9.17, 15) is 19.5 Å². The van der Waals surface area contributed by atoms with Gasteiger partial charge in [-0.05, 0) is 49.8 Å². The molecule has 0 aliphatic rings. The van der Waals surface area contributed by atoms with Gasteiger partial charge in [-0.1, -0.05) is 46.3 Å². The van der Waals surface area contributed by atoms with Crippen LogP contribution in [0, 0.1) is 0 Å². The fourth-order valence-corrected chi connectivity index (χ4v) is 2.76. The van der Waals surface area contributed by atoms with Gasteiger partial charge in [0.15, 0.2) is 6.04 Å². The van der Waals surface area contributed by atoms with Crippen molar-refractivity contribution < 1.29 is 24.2 Å². The van der Waals surface area contributed by atoms with Gasteiger partial charge in [-0.3, -0.25) is 9.59 Å². The summed E-state index contributed by atoms with van der Waals surface area (Å²) in [4.78, 5) is 37.5. The highest BCUT2D eigenvalue weighted by Crippen LogP contribution is 2.13. The van der Waals surface area contributed by atoms with E-state index in [0.717, 1.165) is 4.47 Å². The molecule has 0 radical (unpaired) electrons. The Labute approximate surface area is 183 Å². The molecule has 2 aromatic carbocycles. The molecule has 0 unspecified atom stereocenters. The molecule has 0 fully saturated rings. The van der Waals surface area contributed by atoms with Crippen LogP contribution < -0.4 is 10.6 Å². The van der Waals surface area contributed by atoms with E-state index in [-0.39, 0.29) is 12.3 Å². The van der Waals surface area contributed by atoms with E-state index in [2.05, 4.69) is 26.6 Å². The van der Waals surface area contributed by atoms with E-state index in [1.165, 1.54) is 13.0 Å². The summed E-state index contributed by atoms with van der Waals surface area (Å²) in [6.45, 7) is 3.09. The molecule has 3 N–H and O–H groups in total. The van der Waals surface area contributed by atoms with Gasteiger partial charge >= 0.3 is 5.97 Å². The second kappa shape index (κ2) is 11.3. The lowest BCUT2D eigenvalue weighted by Gasteiger charge is -2.20. The summed E-state index contributed by atoms with van der Waals surface area (Å²) in [7, 11) is 0. The normalized spacial score (nSPS) is 13.1. The van der Waals surface area contributed by atoms with Gasteiger partial charge < -0.3 is 20.5 Å². The molecule has 0 saturated carbocycles. The van der Waals surface area contributed by atoms with Gasteiger partial charge in [-0.15, -0.1) is 0 Å². The number of carbonyl (C=O) groups is 3. The first kappa shape index (κ1) is 23.3. The van der Waals surface area contributed by atoms with Gasteiger partial charge in [0.05, 0.1) is 12.7 Å². The highest BCUT2D eigenvalue weighted by atomic mass is 79.9. The highest BCUT2D eigenvalue weighted by Gasteiger charge is 2.28. The molecule has 0 saturated heterocycles. The van der Waals surface area contributed by atoms with Crippen molar-refractivity contribution in [2.24, 2.45) is 0 Å². The molecule has 0 aliphatic heterocycles. The average Bonchev–Trinajstić information content (AvgIpc) is 2.73. The second-order valence-electron chi connectivity index (χ2n) is 6.37. The Morgan fingerprint density at radius 1 is 1.10 bits per heavy atom. The number of benzene rings is 2. The zero-order valence-electron chi connectivity index (χ0n) is 16.6. The number of carbonyl (C=O) groups excluding carboxylic acids is 3. The molecule has 158 valence electrons. The van der Waals surface area contributed by atoms with Crippen LogP contribution in [0.25, 0.3) is 6.08 Å². The Kier molecular flexibility index (Phi) is 8.76. The minimum atomic E-state index is -1.28. The maximum atomic E-state index is 12.9. The molecule has 2 rings (SSSR count). The molecular formula is C22H23BrN2O5. The third kappa shape index (κ3) is 6.82. The van der Waals surface area contributed by atoms with Crippen LogP contribution in [0.5, 0.6) is 0 Å². The summed E-state index contributed by atoms with van der Waals surface area (Å²) in [6, 6.07) is 14.2. The molecule has 0 aliphatic carbocycles. The maximum Gasteiger partial charge on any atom is 0.331 e. The first-order chi connectivity index (χ1) is 14.3. The highest BCUT2D eigenvalue weighted by molar-refractivity contribution is 9.10. The van der Waals surface area contributed by atoms with Crippen molar-refractivity contribution in [3.05, 3.63) is 75.9 Å². The van der Waals surface area contributed by atoms with Crippen molar-refractivity contribution >= 4 is 39.8 Å². The van der Waals surface area contributed by atoms with Gasteiger partial charge in [0.1, 0.15) is 5.70 Å². The van der Waals surface area contributed by atoms with Crippen molar-refractivity contribution in [3.8, 4) is 0 Å². The lowest BCUT2D eigenvalue weighted by Crippen LogP contribution is -2.50. The Hall–Kier alpha value is -2.97. The SMILES string of the molecule is CCOC(=O)[C@@H](NC(=O)/C(=C\c1ccc(Br)cc1)NC(=O)c1ccccc1)[C@@H](C)O. The smallest absolute Gasteiger partial charge is 0.331 e. The summed E-state index contributed by atoms with van der Waals surface area (Å²) in [5, 5.41) is 14.9. The van der Waals surface area contributed by atoms with Crippen LogP contribution in [0.2, 0.25) is 0 Å².